The number of aromatic nitrogens is 2. The summed E-state index contributed by atoms with van der Waals surface area (Å²) < 4.78 is 2.03. The van der Waals surface area contributed by atoms with Crippen molar-refractivity contribution in [1.82, 2.24) is 14.7 Å². The third-order valence-electron chi connectivity index (χ3n) is 5.38. The van der Waals surface area contributed by atoms with Crippen LogP contribution in [0.5, 0.6) is 0 Å². The lowest BCUT2D eigenvalue weighted by atomic mass is 10.1. The number of amides is 1. The molecule has 1 aromatic carbocycles. The third kappa shape index (κ3) is 2.44. The van der Waals surface area contributed by atoms with Crippen molar-refractivity contribution >= 4 is 38.8 Å². The highest BCUT2D eigenvalue weighted by Gasteiger charge is 2.26. The van der Waals surface area contributed by atoms with Gasteiger partial charge >= 0.3 is 0 Å². The summed E-state index contributed by atoms with van der Waals surface area (Å²) in [4.78, 5) is 19.1. The van der Waals surface area contributed by atoms with Crippen LogP contribution in [-0.4, -0.2) is 15.3 Å². The molecule has 3 heterocycles. The van der Waals surface area contributed by atoms with Gasteiger partial charge in [0, 0.05) is 11.6 Å². The zero-order valence-electron chi connectivity index (χ0n) is 15.2. The monoisotopic (exact) mass is 376 g/mol. The van der Waals surface area contributed by atoms with Crippen LogP contribution in [0.3, 0.4) is 0 Å². The number of nitrogens with zero attached hydrogens (tertiary/aromatic N) is 2. The van der Waals surface area contributed by atoms with Gasteiger partial charge in [-0.15, -0.1) is 11.3 Å². The predicted octanol–water partition coefficient (Wildman–Crippen LogP) is 4.17. The summed E-state index contributed by atoms with van der Waals surface area (Å²) in [5.41, 5.74) is 12.4. The van der Waals surface area contributed by atoms with E-state index in [2.05, 4.69) is 22.4 Å². The average molecular weight is 376 g/mol. The van der Waals surface area contributed by atoms with Crippen molar-refractivity contribution in [3.63, 3.8) is 0 Å². The maximum absolute atomic E-state index is 13.0. The summed E-state index contributed by atoms with van der Waals surface area (Å²) in [5, 5.41) is 4.14. The van der Waals surface area contributed by atoms with E-state index in [-0.39, 0.29) is 11.9 Å². The molecule has 1 aliphatic carbocycles. The van der Waals surface area contributed by atoms with Gasteiger partial charge in [-0.25, -0.2) is 4.98 Å². The molecule has 5 rings (SSSR count). The van der Waals surface area contributed by atoms with E-state index in [1.54, 1.807) is 0 Å². The maximum atomic E-state index is 13.0. The first-order valence-electron chi connectivity index (χ1n) is 9.09. The van der Waals surface area contributed by atoms with Gasteiger partial charge in [-0.2, -0.15) is 0 Å². The quantitative estimate of drug-likeness (QED) is 0.552. The van der Waals surface area contributed by atoms with Crippen molar-refractivity contribution in [3.05, 3.63) is 63.8 Å². The molecule has 6 heteroatoms. The van der Waals surface area contributed by atoms with Gasteiger partial charge in [0.15, 0.2) is 0 Å². The van der Waals surface area contributed by atoms with Crippen LogP contribution in [0.4, 0.5) is 5.69 Å². The molecule has 1 atom stereocenters. The van der Waals surface area contributed by atoms with Crippen molar-refractivity contribution in [3.8, 4) is 0 Å². The number of anilines is 1. The van der Waals surface area contributed by atoms with E-state index >= 15 is 0 Å². The predicted molar refractivity (Wildman–Crippen MR) is 109 cm³/mol. The normalized spacial score (nSPS) is 16.1. The van der Waals surface area contributed by atoms with Crippen LogP contribution in [0.2, 0.25) is 0 Å². The fraction of sp³-hybridized carbons (Fsp3) is 0.238. The Morgan fingerprint density at radius 3 is 3.00 bits per heavy atom. The Bertz CT molecular complexity index is 1220. The fourth-order valence-electron chi connectivity index (χ4n) is 4.13. The lowest BCUT2D eigenvalue weighted by Crippen LogP contribution is -2.27. The van der Waals surface area contributed by atoms with Crippen LogP contribution in [0.25, 0.3) is 15.9 Å². The number of benzene rings is 1. The number of thiophene rings is 1. The van der Waals surface area contributed by atoms with Gasteiger partial charge in [-0.1, -0.05) is 24.3 Å². The van der Waals surface area contributed by atoms with Gasteiger partial charge in [0.25, 0.3) is 5.91 Å². The molecule has 27 heavy (non-hydrogen) atoms. The number of hydrogen-bond donors (Lipinski definition) is 2. The molecule has 4 aromatic rings. The highest BCUT2D eigenvalue weighted by Crippen LogP contribution is 2.38. The van der Waals surface area contributed by atoms with Crippen molar-refractivity contribution in [2.75, 3.05) is 5.73 Å². The van der Waals surface area contributed by atoms with Crippen LogP contribution in [0.15, 0.2) is 36.5 Å². The molecule has 3 aromatic heterocycles. The van der Waals surface area contributed by atoms with Crippen LogP contribution in [0.1, 0.15) is 44.5 Å². The first kappa shape index (κ1) is 16.3. The number of rotatable bonds is 2. The Morgan fingerprint density at radius 1 is 1.33 bits per heavy atom. The molecule has 0 bridgehead atoms. The van der Waals surface area contributed by atoms with Gasteiger partial charge in [-0.3, -0.25) is 9.20 Å². The molecule has 0 spiro atoms. The van der Waals surface area contributed by atoms with Gasteiger partial charge < -0.3 is 11.1 Å². The van der Waals surface area contributed by atoms with E-state index < -0.39 is 0 Å². The van der Waals surface area contributed by atoms with Gasteiger partial charge in [0.1, 0.15) is 15.4 Å². The zero-order chi connectivity index (χ0) is 18.7. The summed E-state index contributed by atoms with van der Waals surface area (Å²) in [6.45, 7) is 3.99. The minimum atomic E-state index is -0.0974. The molecule has 0 saturated carbocycles. The number of hydrogen-bond acceptors (Lipinski definition) is 4. The van der Waals surface area contributed by atoms with Gasteiger partial charge in [0.2, 0.25) is 0 Å². The number of nitrogen functional groups attached to an aromatic ring is 1. The summed E-state index contributed by atoms with van der Waals surface area (Å²) in [7, 11) is 0. The summed E-state index contributed by atoms with van der Waals surface area (Å²) in [6.07, 6.45) is 3.92. The van der Waals surface area contributed by atoms with E-state index in [1.807, 2.05) is 42.6 Å². The number of nitrogens with two attached hydrogens (primary N) is 1. The molecule has 0 radical (unpaired) electrons. The van der Waals surface area contributed by atoms with Crippen molar-refractivity contribution < 1.29 is 4.79 Å². The first-order valence-corrected chi connectivity index (χ1v) is 9.90. The smallest absolute Gasteiger partial charge is 0.264 e. The second-order valence-electron chi connectivity index (χ2n) is 7.23. The van der Waals surface area contributed by atoms with E-state index in [4.69, 9.17) is 5.73 Å². The Balaban J connectivity index is 1.57. The van der Waals surface area contributed by atoms with Crippen LogP contribution < -0.4 is 11.1 Å². The van der Waals surface area contributed by atoms with E-state index in [0.29, 0.717) is 10.6 Å². The van der Waals surface area contributed by atoms with E-state index in [0.717, 1.165) is 40.0 Å². The third-order valence-corrected chi connectivity index (χ3v) is 6.59. The summed E-state index contributed by atoms with van der Waals surface area (Å²) in [5.74, 6) is -0.0974. The maximum Gasteiger partial charge on any atom is 0.264 e. The Morgan fingerprint density at radius 2 is 2.15 bits per heavy atom. The number of carbonyl (C=O) groups is 1. The van der Waals surface area contributed by atoms with Crippen LogP contribution in [-0.2, 0) is 6.42 Å². The molecule has 0 aliphatic heterocycles. The second-order valence-corrected chi connectivity index (χ2v) is 8.23. The Hall–Kier alpha value is -2.86. The standard InChI is InChI=1S/C21H20N4OS/c1-11-9-16-23-12(2)10-25(16)21-17(11)18(22)19(27-21)20(26)24-15-8-7-13-5-3-4-6-14(13)15/h3-6,9-10,15H,7-8,22H2,1-2H3,(H,24,26)/t15-/m0/s1. The number of carbonyl (C=O) groups excluding carboxylic acids is 1. The lowest BCUT2D eigenvalue weighted by Gasteiger charge is -2.13. The summed E-state index contributed by atoms with van der Waals surface area (Å²) in [6, 6.07) is 10.4. The molecule has 1 amide bonds. The molecule has 1 aliphatic rings. The van der Waals surface area contributed by atoms with E-state index in [9.17, 15) is 4.79 Å². The molecule has 136 valence electrons. The van der Waals surface area contributed by atoms with Gasteiger partial charge in [-0.05, 0) is 49.4 Å². The van der Waals surface area contributed by atoms with E-state index in [1.165, 1.54) is 22.5 Å². The van der Waals surface area contributed by atoms with Crippen molar-refractivity contribution in [2.24, 2.45) is 0 Å². The fourth-order valence-corrected chi connectivity index (χ4v) is 5.30. The molecule has 0 unspecified atom stereocenters. The van der Waals surface area contributed by atoms with Crippen molar-refractivity contribution in [2.45, 2.75) is 32.7 Å². The van der Waals surface area contributed by atoms with Crippen LogP contribution in [0, 0.1) is 13.8 Å². The molecule has 0 fully saturated rings. The number of imidazole rings is 1. The molecule has 3 N–H and O–H groups in total. The average Bonchev–Trinajstić information content (AvgIpc) is 3.31. The molecular weight excluding hydrogens is 356 g/mol. The molecule has 5 nitrogen and oxygen atoms in total. The molecule has 0 saturated heterocycles. The van der Waals surface area contributed by atoms with Gasteiger partial charge in [0.05, 0.1) is 17.4 Å². The minimum absolute atomic E-state index is 0.0508. The molecular formula is C21H20N4OS. The number of pyridine rings is 1. The topological polar surface area (TPSA) is 72.4 Å². The Labute approximate surface area is 160 Å². The van der Waals surface area contributed by atoms with Crippen molar-refractivity contribution in [1.29, 1.82) is 0 Å². The first-order chi connectivity index (χ1) is 13.0. The number of nitrogens with one attached hydrogen (secondary N) is 1. The number of fused-ring (bicyclic) bond motifs is 4. The highest BCUT2D eigenvalue weighted by atomic mass is 32.1. The minimum Gasteiger partial charge on any atom is -0.397 e. The lowest BCUT2D eigenvalue weighted by molar-refractivity contribution is 0.0941. The number of aryl methyl sites for hydroxylation is 3. The Kier molecular flexibility index (Phi) is 3.52. The SMILES string of the molecule is Cc1cn2c(cc(C)c3c(N)c(C(=O)N[C@H]4CCc5ccccc54)sc32)n1. The highest BCUT2D eigenvalue weighted by molar-refractivity contribution is 7.21. The van der Waals surface area contributed by atoms with Crippen LogP contribution >= 0.6 is 11.3 Å². The second kappa shape index (κ2) is 5.82. The largest absolute Gasteiger partial charge is 0.397 e. The summed E-state index contributed by atoms with van der Waals surface area (Å²) >= 11 is 1.44. The zero-order valence-corrected chi connectivity index (χ0v) is 16.1.